The van der Waals surface area contributed by atoms with Crippen LogP contribution in [-0.4, -0.2) is 35.6 Å². The number of rotatable bonds is 8. The number of hydrogen-bond donors (Lipinski definition) is 0. The molecule has 3 rings (SSSR count). The molecule has 0 unspecified atom stereocenters. The standard InChI is InChI=1S/C19H19N3O2S/c1-23-10-9-22-18-8-3-2-7-17(18)21-19(22)25-12-11-24-16-6-4-5-15(13-16)14-20/h2-8,13H,9-12H2,1H3. The Balaban J connectivity index is 1.63. The predicted octanol–water partition coefficient (Wildman–Crippen LogP) is 3.73. The van der Waals surface area contributed by atoms with Crippen molar-refractivity contribution in [1.82, 2.24) is 9.55 Å². The molecule has 0 fully saturated rings. The Kier molecular flexibility index (Phi) is 5.94. The average Bonchev–Trinajstić information content (AvgIpc) is 3.01. The lowest BCUT2D eigenvalue weighted by atomic mass is 10.2. The Morgan fingerprint density at radius 2 is 2.04 bits per heavy atom. The number of methoxy groups -OCH3 is 1. The summed E-state index contributed by atoms with van der Waals surface area (Å²) in [6.45, 7) is 1.96. The van der Waals surface area contributed by atoms with E-state index in [1.54, 1.807) is 31.0 Å². The number of nitriles is 1. The first kappa shape index (κ1) is 17.3. The molecule has 3 aromatic rings. The van der Waals surface area contributed by atoms with Gasteiger partial charge in [0.1, 0.15) is 5.75 Å². The maximum Gasteiger partial charge on any atom is 0.169 e. The third-order valence-corrected chi connectivity index (χ3v) is 4.63. The highest BCUT2D eigenvalue weighted by Gasteiger charge is 2.10. The zero-order valence-corrected chi connectivity index (χ0v) is 14.8. The molecule has 0 N–H and O–H groups in total. The maximum atomic E-state index is 8.92. The molecule has 0 aliphatic heterocycles. The van der Waals surface area contributed by atoms with Gasteiger partial charge in [-0.1, -0.05) is 30.0 Å². The highest BCUT2D eigenvalue weighted by atomic mass is 32.2. The van der Waals surface area contributed by atoms with Crippen LogP contribution in [0.2, 0.25) is 0 Å². The molecule has 0 radical (unpaired) electrons. The minimum atomic E-state index is 0.549. The average molecular weight is 353 g/mol. The van der Waals surface area contributed by atoms with Gasteiger partial charge in [0.25, 0.3) is 0 Å². The molecule has 5 nitrogen and oxygen atoms in total. The van der Waals surface area contributed by atoms with Gasteiger partial charge in [-0.15, -0.1) is 0 Å². The van der Waals surface area contributed by atoms with E-state index in [0.29, 0.717) is 24.5 Å². The van der Waals surface area contributed by atoms with Crippen molar-refractivity contribution in [3.05, 3.63) is 54.1 Å². The van der Waals surface area contributed by atoms with Gasteiger partial charge in [0.05, 0.1) is 35.9 Å². The fourth-order valence-corrected chi connectivity index (χ4v) is 3.37. The molecular formula is C19H19N3O2S. The molecule has 6 heteroatoms. The highest BCUT2D eigenvalue weighted by Crippen LogP contribution is 2.24. The smallest absolute Gasteiger partial charge is 0.169 e. The van der Waals surface area contributed by atoms with E-state index < -0.39 is 0 Å². The van der Waals surface area contributed by atoms with Crippen LogP contribution in [0.1, 0.15) is 5.56 Å². The molecule has 25 heavy (non-hydrogen) atoms. The number of nitrogens with zero attached hydrogens (tertiary/aromatic N) is 3. The van der Waals surface area contributed by atoms with E-state index in [4.69, 9.17) is 19.7 Å². The lowest BCUT2D eigenvalue weighted by molar-refractivity contribution is 0.186. The van der Waals surface area contributed by atoms with Gasteiger partial charge in [0.15, 0.2) is 5.16 Å². The second kappa shape index (κ2) is 8.56. The predicted molar refractivity (Wildman–Crippen MR) is 99.0 cm³/mol. The van der Waals surface area contributed by atoms with Crippen molar-refractivity contribution in [3.63, 3.8) is 0 Å². The van der Waals surface area contributed by atoms with E-state index in [9.17, 15) is 0 Å². The summed E-state index contributed by atoms with van der Waals surface area (Å²) in [6, 6.07) is 17.4. The summed E-state index contributed by atoms with van der Waals surface area (Å²) < 4.78 is 13.1. The van der Waals surface area contributed by atoms with Crippen molar-refractivity contribution < 1.29 is 9.47 Å². The molecule has 0 saturated heterocycles. The lowest BCUT2D eigenvalue weighted by Crippen LogP contribution is -2.07. The molecule has 2 aromatic carbocycles. The summed E-state index contributed by atoms with van der Waals surface area (Å²) in [5.41, 5.74) is 2.71. The third kappa shape index (κ3) is 4.32. The Morgan fingerprint density at radius 1 is 1.16 bits per heavy atom. The Labute approximate surface area is 151 Å². The van der Waals surface area contributed by atoms with E-state index >= 15 is 0 Å². The fourth-order valence-electron chi connectivity index (χ4n) is 2.51. The second-order valence-corrected chi connectivity index (χ2v) is 6.43. The van der Waals surface area contributed by atoms with Crippen LogP contribution >= 0.6 is 11.8 Å². The molecule has 0 amide bonds. The summed E-state index contributed by atoms with van der Waals surface area (Å²) in [7, 11) is 1.70. The first-order valence-corrected chi connectivity index (χ1v) is 9.00. The van der Waals surface area contributed by atoms with Crippen LogP contribution in [0.3, 0.4) is 0 Å². The van der Waals surface area contributed by atoms with Gasteiger partial charge >= 0.3 is 0 Å². The van der Waals surface area contributed by atoms with Crippen LogP contribution in [0.15, 0.2) is 53.7 Å². The van der Waals surface area contributed by atoms with E-state index in [1.165, 1.54) is 0 Å². The number of ether oxygens (including phenoxy) is 2. The van der Waals surface area contributed by atoms with Crippen molar-refractivity contribution in [3.8, 4) is 11.8 Å². The molecule has 1 heterocycles. The molecule has 0 bridgehead atoms. The molecule has 0 atom stereocenters. The van der Waals surface area contributed by atoms with E-state index in [0.717, 1.165) is 28.5 Å². The van der Waals surface area contributed by atoms with Crippen LogP contribution < -0.4 is 4.74 Å². The van der Waals surface area contributed by atoms with Crippen LogP contribution in [0.25, 0.3) is 11.0 Å². The molecule has 128 valence electrons. The topological polar surface area (TPSA) is 60.1 Å². The summed E-state index contributed by atoms with van der Waals surface area (Å²) >= 11 is 1.66. The van der Waals surface area contributed by atoms with E-state index in [-0.39, 0.29) is 0 Å². The van der Waals surface area contributed by atoms with Gasteiger partial charge in [-0.05, 0) is 30.3 Å². The largest absolute Gasteiger partial charge is 0.493 e. The van der Waals surface area contributed by atoms with Gasteiger partial charge in [-0.25, -0.2) is 4.98 Å². The fraction of sp³-hybridized carbons (Fsp3) is 0.263. The monoisotopic (exact) mass is 353 g/mol. The minimum Gasteiger partial charge on any atom is -0.493 e. The SMILES string of the molecule is COCCn1c(SCCOc2cccc(C#N)c2)nc2ccccc21. The first-order chi connectivity index (χ1) is 12.3. The Hall–Kier alpha value is -2.49. The molecule has 0 aliphatic carbocycles. The number of aromatic nitrogens is 2. The zero-order valence-electron chi connectivity index (χ0n) is 14.0. The van der Waals surface area contributed by atoms with Crippen LogP contribution in [0, 0.1) is 11.3 Å². The van der Waals surface area contributed by atoms with Gasteiger partial charge < -0.3 is 14.0 Å². The number of benzene rings is 2. The van der Waals surface area contributed by atoms with Gasteiger partial charge in [-0.3, -0.25) is 0 Å². The summed E-state index contributed by atoms with van der Waals surface area (Å²) in [4.78, 5) is 4.71. The maximum absolute atomic E-state index is 8.92. The normalized spacial score (nSPS) is 10.7. The highest BCUT2D eigenvalue weighted by molar-refractivity contribution is 7.99. The van der Waals surface area contributed by atoms with E-state index in [2.05, 4.69) is 16.7 Å². The number of para-hydroxylation sites is 2. The van der Waals surface area contributed by atoms with Crippen molar-refractivity contribution >= 4 is 22.8 Å². The Morgan fingerprint density at radius 3 is 2.88 bits per heavy atom. The van der Waals surface area contributed by atoms with Crippen molar-refractivity contribution in [2.45, 2.75) is 11.7 Å². The van der Waals surface area contributed by atoms with Crippen LogP contribution in [0.5, 0.6) is 5.75 Å². The molecule has 1 aromatic heterocycles. The quantitative estimate of drug-likeness (QED) is 0.456. The first-order valence-electron chi connectivity index (χ1n) is 8.02. The van der Waals surface area contributed by atoms with Crippen molar-refractivity contribution in [2.75, 3.05) is 26.1 Å². The number of imidazole rings is 1. The van der Waals surface area contributed by atoms with Crippen LogP contribution in [-0.2, 0) is 11.3 Å². The second-order valence-electron chi connectivity index (χ2n) is 5.36. The zero-order chi connectivity index (χ0) is 17.5. The number of fused-ring (bicyclic) bond motifs is 1. The number of thioether (sulfide) groups is 1. The molecule has 0 aliphatic rings. The third-order valence-electron chi connectivity index (χ3n) is 3.68. The molecule has 0 spiro atoms. The van der Waals surface area contributed by atoms with Gasteiger partial charge in [0, 0.05) is 19.4 Å². The Bertz CT molecular complexity index is 886. The van der Waals surface area contributed by atoms with Crippen LogP contribution in [0.4, 0.5) is 0 Å². The van der Waals surface area contributed by atoms with Gasteiger partial charge in [-0.2, -0.15) is 5.26 Å². The molecular weight excluding hydrogens is 334 g/mol. The lowest BCUT2D eigenvalue weighted by Gasteiger charge is -2.09. The van der Waals surface area contributed by atoms with Gasteiger partial charge in [0.2, 0.25) is 0 Å². The van der Waals surface area contributed by atoms with Crippen molar-refractivity contribution in [1.29, 1.82) is 5.26 Å². The summed E-state index contributed by atoms with van der Waals surface area (Å²) in [6.07, 6.45) is 0. The molecule has 0 saturated carbocycles. The summed E-state index contributed by atoms with van der Waals surface area (Å²) in [5.74, 6) is 1.49. The number of hydrogen-bond acceptors (Lipinski definition) is 5. The van der Waals surface area contributed by atoms with Crippen molar-refractivity contribution in [2.24, 2.45) is 0 Å². The van der Waals surface area contributed by atoms with E-state index in [1.807, 2.05) is 30.3 Å². The minimum absolute atomic E-state index is 0.549. The summed E-state index contributed by atoms with van der Waals surface area (Å²) in [5, 5.41) is 9.89.